The molecule has 1 atom stereocenters. The van der Waals surface area contributed by atoms with Crippen LogP contribution in [0.1, 0.15) is 65.7 Å². The highest BCUT2D eigenvalue weighted by Gasteiger charge is 2.19. The Morgan fingerprint density at radius 1 is 1.13 bits per heavy atom. The summed E-state index contributed by atoms with van der Waals surface area (Å²) in [6.45, 7) is 6.26. The minimum atomic E-state index is 0.221. The van der Waals surface area contributed by atoms with Gasteiger partial charge in [-0.15, -0.1) is 0 Å². The lowest BCUT2D eigenvalue weighted by atomic mass is 9.81. The quantitative estimate of drug-likeness (QED) is 0.664. The topological polar surface area (TPSA) is 17.1 Å². The molecule has 1 nitrogen and oxygen atoms in total. The van der Waals surface area contributed by atoms with Crippen molar-refractivity contribution in [3.05, 3.63) is 0 Å². The van der Waals surface area contributed by atoms with Crippen molar-refractivity contribution in [3.63, 3.8) is 0 Å². The molecule has 0 spiro atoms. The van der Waals surface area contributed by atoms with Crippen LogP contribution in [0.3, 0.4) is 0 Å². The highest BCUT2D eigenvalue weighted by atomic mass is 16.1. The van der Waals surface area contributed by atoms with E-state index in [0.717, 1.165) is 12.3 Å². The summed E-state index contributed by atoms with van der Waals surface area (Å²) in [4.78, 5) is 11.6. The maximum Gasteiger partial charge on any atom is 0.135 e. The minimum Gasteiger partial charge on any atom is -0.299 e. The summed E-state index contributed by atoms with van der Waals surface area (Å²) < 4.78 is 0. The standard InChI is InChI=1S/C14H26O/c1-11(2)14(15)10-12(3)9-13-7-5-4-6-8-13/h11-13H,4-10H2,1-3H3. The van der Waals surface area contributed by atoms with E-state index in [4.69, 9.17) is 0 Å². The second-order valence-corrected chi connectivity index (χ2v) is 5.67. The van der Waals surface area contributed by atoms with Crippen molar-refractivity contribution in [3.8, 4) is 0 Å². The van der Waals surface area contributed by atoms with Crippen LogP contribution in [0.4, 0.5) is 0 Å². The van der Waals surface area contributed by atoms with E-state index >= 15 is 0 Å². The summed E-state index contributed by atoms with van der Waals surface area (Å²) in [7, 11) is 0. The van der Waals surface area contributed by atoms with Crippen LogP contribution in [0.5, 0.6) is 0 Å². The molecule has 0 saturated heterocycles. The summed E-state index contributed by atoms with van der Waals surface area (Å²) in [5.74, 6) is 2.17. The fourth-order valence-corrected chi connectivity index (χ4v) is 2.65. The van der Waals surface area contributed by atoms with Gasteiger partial charge in [0.1, 0.15) is 5.78 Å². The molecule has 1 aliphatic carbocycles. The number of Topliss-reactive ketones (excluding diaryl/α,β-unsaturated/α-hetero) is 1. The number of ketones is 1. The van der Waals surface area contributed by atoms with E-state index < -0.39 is 0 Å². The van der Waals surface area contributed by atoms with Crippen molar-refractivity contribution < 1.29 is 4.79 Å². The molecule has 1 unspecified atom stereocenters. The predicted molar refractivity (Wildman–Crippen MR) is 64.8 cm³/mol. The zero-order valence-electron chi connectivity index (χ0n) is 10.6. The molecular formula is C14H26O. The number of hydrogen-bond donors (Lipinski definition) is 0. The van der Waals surface area contributed by atoms with Gasteiger partial charge in [0.25, 0.3) is 0 Å². The Labute approximate surface area is 94.6 Å². The average Bonchev–Trinajstić information content (AvgIpc) is 2.18. The van der Waals surface area contributed by atoms with Crippen LogP contribution in [-0.4, -0.2) is 5.78 Å². The molecule has 0 radical (unpaired) electrons. The van der Waals surface area contributed by atoms with Crippen LogP contribution in [0.15, 0.2) is 0 Å². The number of carbonyl (C=O) groups excluding carboxylic acids is 1. The highest BCUT2D eigenvalue weighted by Crippen LogP contribution is 2.30. The van der Waals surface area contributed by atoms with Crippen LogP contribution in [-0.2, 0) is 4.79 Å². The first-order valence-corrected chi connectivity index (χ1v) is 6.62. The van der Waals surface area contributed by atoms with Gasteiger partial charge in [-0.1, -0.05) is 52.9 Å². The number of hydrogen-bond acceptors (Lipinski definition) is 1. The molecule has 0 heterocycles. The molecule has 1 heteroatoms. The van der Waals surface area contributed by atoms with Crippen LogP contribution < -0.4 is 0 Å². The molecule has 1 aliphatic rings. The minimum absolute atomic E-state index is 0.221. The highest BCUT2D eigenvalue weighted by molar-refractivity contribution is 5.80. The van der Waals surface area contributed by atoms with Crippen molar-refractivity contribution >= 4 is 5.78 Å². The second-order valence-electron chi connectivity index (χ2n) is 5.67. The molecule has 0 aromatic rings. The lowest BCUT2D eigenvalue weighted by Gasteiger charge is -2.24. The van der Waals surface area contributed by atoms with Crippen LogP contribution in [0.2, 0.25) is 0 Å². The van der Waals surface area contributed by atoms with Crippen molar-refractivity contribution in [2.45, 2.75) is 65.7 Å². The van der Waals surface area contributed by atoms with Gasteiger partial charge in [0.05, 0.1) is 0 Å². The molecular weight excluding hydrogens is 184 g/mol. The second kappa shape index (κ2) is 6.30. The zero-order chi connectivity index (χ0) is 11.3. The van der Waals surface area contributed by atoms with Gasteiger partial charge in [-0.05, 0) is 18.3 Å². The number of rotatable bonds is 5. The summed E-state index contributed by atoms with van der Waals surface area (Å²) in [6, 6.07) is 0. The summed E-state index contributed by atoms with van der Waals surface area (Å²) in [5, 5.41) is 0. The Bertz CT molecular complexity index is 190. The predicted octanol–water partition coefficient (Wildman–Crippen LogP) is 4.21. The van der Waals surface area contributed by atoms with Gasteiger partial charge >= 0.3 is 0 Å². The lowest BCUT2D eigenvalue weighted by molar-refractivity contribution is -0.122. The average molecular weight is 210 g/mol. The van der Waals surface area contributed by atoms with E-state index in [9.17, 15) is 4.79 Å². The SMILES string of the molecule is CC(CC(=O)C(C)C)CC1CCCCC1. The van der Waals surface area contributed by atoms with Crippen molar-refractivity contribution in [2.24, 2.45) is 17.8 Å². The van der Waals surface area contributed by atoms with Gasteiger partial charge < -0.3 is 0 Å². The molecule has 1 fully saturated rings. The summed E-state index contributed by atoms with van der Waals surface area (Å²) in [6.07, 6.45) is 9.13. The van der Waals surface area contributed by atoms with E-state index in [0.29, 0.717) is 11.7 Å². The summed E-state index contributed by atoms with van der Waals surface area (Å²) in [5.41, 5.74) is 0. The fraction of sp³-hybridized carbons (Fsp3) is 0.929. The first-order valence-electron chi connectivity index (χ1n) is 6.62. The monoisotopic (exact) mass is 210 g/mol. The maximum atomic E-state index is 11.6. The van der Waals surface area contributed by atoms with E-state index in [1.165, 1.54) is 38.5 Å². The van der Waals surface area contributed by atoms with Gasteiger partial charge in [0.2, 0.25) is 0 Å². The largest absolute Gasteiger partial charge is 0.299 e. The molecule has 0 bridgehead atoms. The zero-order valence-corrected chi connectivity index (χ0v) is 10.6. The van der Waals surface area contributed by atoms with E-state index in [-0.39, 0.29) is 5.92 Å². The smallest absolute Gasteiger partial charge is 0.135 e. The first-order chi connectivity index (χ1) is 7.09. The molecule has 1 rings (SSSR count). The van der Waals surface area contributed by atoms with Crippen molar-refractivity contribution in [2.75, 3.05) is 0 Å². The molecule has 0 aromatic carbocycles. The molecule has 0 aromatic heterocycles. The van der Waals surface area contributed by atoms with E-state index in [2.05, 4.69) is 6.92 Å². The Hall–Kier alpha value is -0.330. The maximum absolute atomic E-state index is 11.6. The molecule has 0 aliphatic heterocycles. The molecule has 0 N–H and O–H groups in total. The Kier molecular flexibility index (Phi) is 5.35. The third kappa shape index (κ3) is 4.81. The lowest BCUT2D eigenvalue weighted by Crippen LogP contribution is -2.16. The Morgan fingerprint density at radius 2 is 1.73 bits per heavy atom. The van der Waals surface area contributed by atoms with Gasteiger partial charge in [-0.2, -0.15) is 0 Å². The van der Waals surface area contributed by atoms with Gasteiger partial charge in [0.15, 0.2) is 0 Å². The van der Waals surface area contributed by atoms with Gasteiger partial charge in [0, 0.05) is 12.3 Å². The molecule has 88 valence electrons. The Morgan fingerprint density at radius 3 is 2.27 bits per heavy atom. The molecule has 1 saturated carbocycles. The normalized spacial score (nSPS) is 20.5. The third-order valence-corrected chi connectivity index (χ3v) is 3.65. The molecule has 15 heavy (non-hydrogen) atoms. The van der Waals surface area contributed by atoms with Crippen molar-refractivity contribution in [1.82, 2.24) is 0 Å². The van der Waals surface area contributed by atoms with E-state index in [1.807, 2.05) is 13.8 Å². The van der Waals surface area contributed by atoms with Crippen LogP contribution in [0, 0.1) is 17.8 Å². The summed E-state index contributed by atoms with van der Waals surface area (Å²) >= 11 is 0. The first kappa shape index (κ1) is 12.7. The number of carbonyl (C=O) groups is 1. The van der Waals surface area contributed by atoms with Gasteiger partial charge in [-0.3, -0.25) is 4.79 Å². The van der Waals surface area contributed by atoms with Gasteiger partial charge in [-0.25, -0.2) is 0 Å². The van der Waals surface area contributed by atoms with Crippen LogP contribution >= 0.6 is 0 Å². The van der Waals surface area contributed by atoms with E-state index in [1.54, 1.807) is 0 Å². The third-order valence-electron chi connectivity index (χ3n) is 3.65. The van der Waals surface area contributed by atoms with Crippen molar-refractivity contribution in [1.29, 1.82) is 0 Å². The van der Waals surface area contributed by atoms with Crippen LogP contribution in [0.25, 0.3) is 0 Å². The Balaban J connectivity index is 2.22. The fourth-order valence-electron chi connectivity index (χ4n) is 2.65. The molecule has 0 amide bonds.